The van der Waals surface area contributed by atoms with Crippen LogP contribution in [0.1, 0.15) is 6.92 Å². The molecule has 0 saturated carbocycles. The topological polar surface area (TPSA) is 29.1 Å². The average molecular weight is 320 g/mol. The summed E-state index contributed by atoms with van der Waals surface area (Å²) >= 11 is 6.09. The fourth-order valence-corrected chi connectivity index (χ4v) is 3.32. The van der Waals surface area contributed by atoms with Gasteiger partial charge in [0.2, 0.25) is 5.91 Å². The monoisotopic (exact) mass is 319 g/mol. The third-order valence-electron chi connectivity index (χ3n) is 4.12. The fourth-order valence-electron chi connectivity index (χ4n) is 3.14. The first-order chi connectivity index (χ1) is 11.1. The number of rotatable bonds is 1. The number of amides is 1. The molecule has 1 N–H and O–H groups in total. The Bertz CT molecular complexity index is 1090. The fraction of sp³-hybridized carbons (Fsp3) is 0.0500. The molecule has 0 bridgehead atoms. The summed E-state index contributed by atoms with van der Waals surface area (Å²) in [5.41, 5.74) is 0.817. The molecule has 0 fully saturated rings. The summed E-state index contributed by atoms with van der Waals surface area (Å²) in [7, 11) is 0. The van der Waals surface area contributed by atoms with E-state index in [9.17, 15) is 4.79 Å². The molecule has 2 nitrogen and oxygen atoms in total. The van der Waals surface area contributed by atoms with Crippen molar-refractivity contribution < 1.29 is 4.79 Å². The second-order valence-electron chi connectivity index (χ2n) is 5.71. The van der Waals surface area contributed by atoms with Gasteiger partial charge in [-0.25, -0.2) is 0 Å². The van der Waals surface area contributed by atoms with Crippen LogP contribution < -0.4 is 5.32 Å². The second-order valence-corrected chi connectivity index (χ2v) is 6.15. The number of carbonyl (C=O) groups is 1. The Morgan fingerprint density at radius 2 is 1.35 bits per heavy atom. The molecule has 0 heterocycles. The molecule has 4 aromatic carbocycles. The molecule has 0 aromatic heterocycles. The number of fused-ring (bicyclic) bond motifs is 5. The molecule has 0 unspecified atom stereocenters. The minimum atomic E-state index is -0.0620. The molecule has 3 heteroatoms. The van der Waals surface area contributed by atoms with Crippen LogP contribution in [0.4, 0.5) is 5.69 Å². The van der Waals surface area contributed by atoms with Crippen LogP contribution in [0, 0.1) is 0 Å². The van der Waals surface area contributed by atoms with Crippen LogP contribution in [0.15, 0.2) is 60.7 Å². The first-order valence-corrected chi connectivity index (χ1v) is 7.82. The van der Waals surface area contributed by atoms with E-state index in [0.29, 0.717) is 0 Å². The van der Waals surface area contributed by atoms with Crippen molar-refractivity contribution in [3.05, 3.63) is 65.7 Å². The largest absolute Gasteiger partial charge is 0.326 e. The third-order valence-corrected chi connectivity index (χ3v) is 4.35. The summed E-state index contributed by atoms with van der Waals surface area (Å²) in [6.45, 7) is 1.52. The summed E-state index contributed by atoms with van der Waals surface area (Å²) in [4.78, 5) is 11.2. The van der Waals surface area contributed by atoms with E-state index in [-0.39, 0.29) is 5.91 Å². The van der Waals surface area contributed by atoms with Gasteiger partial charge < -0.3 is 5.32 Å². The summed E-state index contributed by atoms with van der Waals surface area (Å²) in [5, 5.41) is 10.6. The van der Waals surface area contributed by atoms with Crippen molar-refractivity contribution in [3.8, 4) is 0 Å². The van der Waals surface area contributed by atoms with E-state index in [4.69, 9.17) is 11.6 Å². The van der Waals surface area contributed by atoms with Gasteiger partial charge in [-0.05, 0) is 56.6 Å². The van der Waals surface area contributed by atoms with Gasteiger partial charge in [0.25, 0.3) is 0 Å². The van der Waals surface area contributed by atoms with E-state index in [1.807, 2.05) is 24.3 Å². The second kappa shape index (κ2) is 5.25. The Balaban J connectivity index is 2.01. The van der Waals surface area contributed by atoms with Crippen LogP contribution in [0.25, 0.3) is 32.3 Å². The predicted molar refractivity (Wildman–Crippen MR) is 98.3 cm³/mol. The van der Waals surface area contributed by atoms with Crippen LogP contribution in [-0.4, -0.2) is 5.91 Å². The van der Waals surface area contributed by atoms with Gasteiger partial charge in [-0.2, -0.15) is 0 Å². The zero-order valence-corrected chi connectivity index (χ0v) is 13.3. The Hall–Kier alpha value is -2.58. The van der Waals surface area contributed by atoms with Gasteiger partial charge in [-0.15, -0.1) is 0 Å². The first kappa shape index (κ1) is 14.0. The maximum absolute atomic E-state index is 11.2. The SMILES string of the molecule is CC(=O)Nc1ccc2c(ccc3c4ccc(Cl)cc4ccc23)c1. The number of nitrogens with one attached hydrogen (secondary N) is 1. The van der Waals surface area contributed by atoms with Crippen molar-refractivity contribution in [2.75, 3.05) is 5.32 Å². The Morgan fingerprint density at radius 1 is 0.783 bits per heavy atom. The lowest BCUT2D eigenvalue weighted by molar-refractivity contribution is -0.114. The molecule has 0 radical (unpaired) electrons. The van der Waals surface area contributed by atoms with Gasteiger partial charge in [-0.3, -0.25) is 4.79 Å². The molecular weight excluding hydrogens is 306 g/mol. The molecule has 0 spiro atoms. The summed E-state index contributed by atoms with van der Waals surface area (Å²) in [6, 6.07) is 20.4. The van der Waals surface area contributed by atoms with Gasteiger partial charge in [-0.1, -0.05) is 48.0 Å². The average Bonchev–Trinajstić information content (AvgIpc) is 2.53. The van der Waals surface area contributed by atoms with Gasteiger partial charge in [0.1, 0.15) is 0 Å². The molecule has 0 aliphatic heterocycles. The van der Waals surface area contributed by atoms with Crippen molar-refractivity contribution in [1.29, 1.82) is 0 Å². The highest BCUT2D eigenvalue weighted by atomic mass is 35.5. The summed E-state index contributed by atoms with van der Waals surface area (Å²) in [5.74, 6) is -0.0620. The molecule has 4 aromatic rings. The van der Waals surface area contributed by atoms with Crippen LogP contribution in [0.3, 0.4) is 0 Å². The molecule has 0 aliphatic carbocycles. The number of hydrogen-bond acceptors (Lipinski definition) is 1. The molecule has 1 amide bonds. The van der Waals surface area contributed by atoms with Crippen LogP contribution in [-0.2, 0) is 4.79 Å². The lowest BCUT2D eigenvalue weighted by Crippen LogP contribution is -2.05. The van der Waals surface area contributed by atoms with E-state index in [2.05, 4.69) is 41.7 Å². The smallest absolute Gasteiger partial charge is 0.221 e. The molecule has 0 atom stereocenters. The van der Waals surface area contributed by atoms with E-state index in [0.717, 1.165) is 21.5 Å². The van der Waals surface area contributed by atoms with Crippen LogP contribution in [0.2, 0.25) is 5.02 Å². The molecule has 23 heavy (non-hydrogen) atoms. The Kier molecular flexibility index (Phi) is 3.21. The molecule has 0 saturated heterocycles. The van der Waals surface area contributed by atoms with Crippen molar-refractivity contribution in [2.24, 2.45) is 0 Å². The number of benzene rings is 4. The number of hydrogen-bond donors (Lipinski definition) is 1. The number of anilines is 1. The highest BCUT2D eigenvalue weighted by Crippen LogP contribution is 2.33. The van der Waals surface area contributed by atoms with Crippen LogP contribution in [0.5, 0.6) is 0 Å². The first-order valence-electron chi connectivity index (χ1n) is 7.44. The van der Waals surface area contributed by atoms with Gasteiger partial charge >= 0.3 is 0 Å². The Morgan fingerprint density at radius 3 is 2.00 bits per heavy atom. The maximum Gasteiger partial charge on any atom is 0.221 e. The van der Waals surface area contributed by atoms with Gasteiger partial charge in [0.05, 0.1) is 0 Å². The van der Waals surface area contributed by atoms with Crippen molar-refractivity contribution >= 4 is 55.5 Å². The predicted octanol–water partition coefficient (Wildman–Crippen LogP) is 5.76. The zero-order valence-electron chi connectivity index (χ0n) is 12.6. The molecule has 0 aliphatic rings. The van der Waals surface area contributed by atoms with Crippen molar-refractivity contribution in [2.45, 2.75) is 6.92 Å². The van der Waals surface area contributed by atoms with E-state index in [1.165, 1.54) is 28.5 Å². The van der Waals surface area contributed by atoms with E-state index >= 15 is 0 Å². The van der Waals surface area contributed by atoms with Gasteiger partial charge in [0.15, 0.2) is 0 Å². The lowest BCUT2D eigenvalue weighted by Gasteiger charge is -2.09. The zero-order chi connectivity index (χ0) is 16.0. The normalized spacial score (nSPS) is 11.2. The minimum Gasteiger partial charge on any atom is -0.326 e. The quantitative estimate of drug-likeness (QED) is 0.444. The Labute approximate surface area is 138 Å². The third kappa shape index (κ3) is 2.41. The molecular formula is C20H14ClNO. The number of carbonyl (C=O) groups excluding carboxylic acids is 1. The summed E-state index contributed by atoms with van der Waals surface area (Å²) < 4.78 is 0. The van der Waals surface area contributed by atoms with Crippen molar-refractivity contribution in [3.63, 3.8) is 0 Å². The van der Waals surface area contributed by atoms with E-state index in [1.54, 1.807) is 0 Å². The number of halogens is 1. The maximum atomic E-state index is 11.2. The van der Waals surface area contributed by atoms with Crippen LogP contribution >= 0.6 is 11.6 Å². The minimum absolute atomic E-state index is 0.0620. The standard InChI is InChI=1S/C20H14ClNO/c1-12(23)22-16-5-9-18-14(11-16)3-7-19-17-8-4-15(21)10-13(17)2-6-20(18)19/h2-11H,1H3,(H,22,23). The lowest BCUT2D eigenvalue weighted by atomic mass is 9.97. The van der Waals surface area contributed by atoms with Gasteiger partial charge in [0, 0.05) is 17.6 Å². The van der Waals surface area contributed by atoms with E-state index < -0.39 is 0 Å². The van der Waals surface area contributed by atoms with Crippen molar-refractivity contribution in [1.82, 2.24) is 0 Å². The highest BCUT2D eigenvalue weighted by molar-refractivity contribution is 6.31. The highest BCUT2D eigenvalue weighted by Gasteiger charge is 2.06. The summed E-state index contributed by atoms with van der Waals surface area (Å²) in [6.07, 6.45) is 0. The molecule has 112 valence electrons. The molecule has 4 rings (SSSR count).